The van der Waals surface area contributed by atoms with Crippen molar-refractivity contribution in [2.45, 2.75) is 0 Å². The Balaban J connectivity index is -0.0000000847. The molecule has 2 nitrogen and oxygen atoms in total. The van der Waals surface area contributed by atoms with Crippen LogP contribution in [0.4, 0.5) is 0 Å². The van der Waals surface area contributed by atoms with Crippen LogP contribution in [0.1, 0.15) is 0 Å². The molecule has 0 heterocycles. The number of nitrogens with one attached hydrogen (secondary N) is 1. The van der Waals surface area contributed by atoms with E-state index in [4.69, 9.17) is 11.8 Å². The van der Waals surface area contributed by atoms with Crippen molar-refractivity contribution in [1.82, 2.24) is 4.84 Å². The monoisotopic (exact) mass is 812 g/mol. The van der Waals surface area contributed by atoms with E-state index in [2.05, 4.69) is 81.6 Å². The van der Waals surface area contributed by atoms with Gasteiger partial charge >= 0.3 is 75.0 Å². The quantitative estimate of drug-likeness (QED) is 0.225. The van der Waals surface area contributed by atoms with Crippen LogP contribution in [0.25, 0.3) is 0 Å². The van der Waals surface area contributed by atoms with E-state index in [0.29, 0.717) is 0 Å². The fourth-order valence-corrected chi connectivity index (χ4v) is 0. The van der Waals surface area contributed by atoms with Gasteiger partial charge in [-0.25, -0.2) is 4.84 Å². The van der Waals surface area contributed by atoms with Crippen LogP contribution < -0.4 is 10.6 Å². The van der Waals surface area contributed by atoms with Gasteiger partial charge in [0.1, 0.15) is 0 Å². The summed E-state index contributed by atoms with van der Waals surface area (Å²) in [5.74, 6) is 0. The van der Waals surface area contributed by atoms with E-state index < -0.39 is 4.00 Å². The summed E-state index contributed by atoms with van der Waals surface area (Å²) >= 11 is 15.0. The van der Waals surface area contributed by atoms with Crippen molar-refractivity contribution in [2.75, 3.05) is 14.1 Å². The molecule has 10 heavy (non-hydrogen) atoms. The molecule has 0 aromatic carbocycles. The van der Waals surface area contributed by atoms with Gasteiger partial charge < -0.3 is 5.73 Å². The Morgan fingerprint density at radius 3 is 1.20 bits per heavy atom. The SMILES string of the molecule is CN.CNCl.[I][Pb]([I])([I])[I]. The summed E-state index contributed by atoms with van der Waals surface area (Å²) in [7, 11) is 3.14. The second-order valence-corrected chi connectivity index (χ2v) is 170. The van der Waals surface area contributed by atoms with Gasteiger partial charge in [0, 0.05) is 0 Å². The third-order valence-electron chi connectivity index (χ3n) is 0. The molecule has 0 aliphatic carbocycles. The minimum atomic E-state index is -1.40. The number of hydrogen-bond donors (Lipinski definition) is 2. The molecule has 0 aromatic heterocycles. The molecule has 8 heteroatoms. The molecule has 0 atom stereocenters. The molecule has 0 saturated carbocycles. The van der Waals surface area contributed by atoms with E-state index in [1.54, 1.807) is 7.05 Å². The van der Waals surface area contributed by atoms with Crippen LogP contribution in [0.5, 0.6) is 0 Å². The standard InChI is InChI=1S/CH4ClN.CH5N.4HI.Pb/c1-3-2;1-2;;;;;/h3H,1H3;2H2,1H3;4*1H;/q;;;;;;+4/p-4. The van der Waals surface area contributed by atoms with Crippen LogP contribution in [0, 0.1) is 0 Å². The maximum absolute atomic E-state index is 4.75. The Hall–Kier alpha value is 4.05. The summed E-state index contributed by atoms with van der Waals surface area (Å²) in [6.07, 6.45) is 0. The van der Waals surface area contributed by atoms with Crippen LogP contribution in [0.2, 0.25) is 0 Å². The average Bonchev–Trinajstić information content (AvgIpc) is 1.68. The van der Waals surface area contributed by atoms with Gasteiger partial charge in [-0.2, -0.15) is 0 Å². The molecule has 0 radical (unpaired) electrons. The molecule has 0 unspecified atom stereocenters. The first-order chi connectivity index (χ1) is 4.41. The fourth-order valence-electron chi connectivity index (χ4n) is 0. The van der Waals surface area contributed by atoms with Crippen molar-refractivity contribution in [3.05, 3.63) is 0 Å². The Morgan fingerprint density at radius 1 is 1.20 bits per heavy atom. The van der Waals surface area contributed by atoms with E-state index in [1.165, 1.54) is 7.05 Å². The molecule has 0 spiro atoms. The summed E-state index contributed by atoms with van der Waals surface area (Å²) in [5.41, 5.74) is 4.50. The number of hydrogen-bond acceptors (Lipinski definition) is 2. The molecule has 0 amide bonds. The summed E-state index contributed by atoms with van der Waals surface area (Å²) in [4.78, 5) is 2.22. The van der Waals surface area contributed by atoms with Gasteiger partial charge in [-0.05, 0) is 25.9 Å². The first kappa shape index (κ1) is 19.6. The molecule has 3 N–H and O–H groups in total. The molecule has 0 aromatic rings. The van der Waals surface area contributed by atoms with E-state index in [1.807, 2.05) is 0 Å². The minimum absolute atomic E-state index is 1.40. The first-order valence-corrected chi connectivity index (χ1v) is 46.1. The molecule has 0 saturated heterocycles. The zero-order chi connectivity index (χ0) is 9.21. The summed E-state index contributed by atoms with van der Waals surface area (Å²) < 4.78 is -1.40. The summed E-state index contributed by atoms with van der Waals surface area (Å²) in [6, 6.07) is 0. The molecule has 66 valence electrons. The third-order valence-corrected chi connectivity index (χ3v) is 0. The Morgan fingerprint density at radius 2 is 1.20 bits per heavy atom. The van der Waals surface area contributed by atoms with E-state index in [0.717, 1.165) is 0 Å². The van der Waals surface area contributed by atoms with Crippen LogP contribution in [-0.2, 0) is 0 Å². The van der Waals surface area contributed by atoms with Gasteiger partial charge in [-0.1, -0.05) is 0 Å². The second-order valence-electron chi connectivity index (χ2n) is 0.618. The molecule has 0 aliphatic rings. The molecule has 0 aliphatic heterocycles. The molecular weight excluding hydrogens is 802 g/mol. The summed E-state index contributed by atoms with van der Waals surface area (Å²) in [5, 5.41) is 0. The molecule has 0 bridgehead atoms. The van der Waals surface area contributed by atoms with Crippen LogP contribution >= 0.6 is 82.8 Å². The van der Waals surface area contributed by atoms with E-state index >= 15 is 0 Å². The average molecular weight is 811 g/mol. The molecular formula is C2H9ClI4N2Pb. The van der Waals surface area contributed by atoms with Gasteiger partial charge in [-0.3, -0.25) is 0 Å². The van der Waals surface area contributed by atoms with Crippen molar-refractivity contribution in [3.8, 4) is 0 Å². The Labute approximate surface area is 108 Å². The Bertz CT molecular complexity index is 45.0. The normalized spacial score (nSPS) is 8.40. The predicted molar refractivity (Wildman–Crippen MR) is 86.9 cm³/mol. The Kier molecular flexibility index (Phi) is 30.4. The first-order valence-electron chi connectivity index (χ1n) is 2.02. The zero-order valence-corrected chi connectivity index (χ0v) is 18.7. The van der Waals surface area contributed by atoms with Crippen LogP contribution in [0.3, 0.4) is 0 Å². The van der Waals surface area contributed by atoms with Crippen molar-refractivity contribution in [1.29, 1.82) is 0 Å². The van der Waals surface area contributed by atoms with E-state index in [9.17, 15) is 0 Å². The predicted octanol–water partition coefficient (Wildman–Crippen LogP) is 3.10. The topological polar surface area (TPSA) is 38.0 Å². The van der Waals surface area contributed by atoms with Gasteiger partial charge in [0.25, 0.3) is 0 Å². The second kappa shape index (κ2) is 15.5. The third kappa shape index (κ3) is 89.7. The van der Waals surface area contributed by atoms with Crippen molar-refractivity contribution >= 4 is 86.8 Å². The van der Waals surface area contributed by atoms with Crippen LogP contribution in [0.15, 0.2) is 0 Å². The fraction of sp³-hybridized carbons (Fsp3) is 1.00. The van der Waals surface area contributed by atoms with Crippen LogP contribution in [-0.4, -0.2) is 18.1 Å². The van der Waals surface area contributed by atoms with Gasteiger partial charge in [-0.15, -0.1) is 0 Å². The zero-order valence-electron chi connectivity index (χ0n) is 5.47. The summed E-state index contributed by atoms with van der Waals surface area (Å²) in [6.45, 7) is 0. The van der Waals surface area contributed by atoms with Gasteiger partial charge in [0.15, 0.2) is 0 Å². The van der Waals surface area contributed by atoms with Crippen molar-refractivity contribution in [3.63, 3.8) is 0 Å². The molecule has 0 fully saturated rings. The van der Waals surface area contributed by atoms with Crippen molar-refractivity contribution < 1.29 is 0 Å². The molecule has 0 rings (SSSR count). The van der Waals surface area contributed by atoms with E-state index in [-0.39, 0.29) is 0 Å². The maximum atomic E-state index is 4.75. The number of rotatable bonds is 0. The number of halogens is 5. The number of nitrogens with two attached hydrogens (primary N) is 1. The van der Waals surface area contributed by atoms with Gasteiger partial charge in [0.2, 0.25) is 0 Å². The van der Waals surface area contributed by atoms with Gasteiger partial charge in [0.05, 0.1) is 0 Å². The van der Waals surface area contributed by atoms with Crippen molar-refractivity contribution in [2.24, 2.45) is 5.73 Å².